The number of hydrogen-bond acceptors (Lipinski definition) is 6. The number of anilines is 1. The molecule has 2 heterocycles. The predicted molar refractivity (Wildman–Crippen MR) is 88.6 cm³/mol. The smallest absolute Gasteiger partial charge is 0.359 e. The maximum atomic E-state index is 12.2. The van der Waals surface area contributed by atoms with Gasteiger partial charge in [0.05, 0.1) is 24.0 Å². The average Bonchev–Trinajstić information content (AvgIpc) is 3.13. The van der Waals surface area contributed by atoms with Crippen molar-refractivity contribution in [3.8, 4) is 0 Å². The molecule has 1 aromatic carbocycles. The standard InChI is InChI=1S/C17H14ClN3O3/c18-14-10-20-17(19-9-13-7-4-8-23-13)21-15(14)16(22)24-11-12-5-2-1-3-6-12/h1-8,10H,9,11H2,(H,19,20,21). The molecule has 0 unspecified atom stereocenters. The highest BCUT2D eigenvalue weighted by molar-refractivity contribution is 6.33. The van der Waals surface area contributed by atoms with Crippen molar-refractivity contribution in [1.82, 2.24) is 9.97 Å². The molecule has 0 amide bonds. The van der Waals surface area contributed by atoms with Crippen molar-refractivity contribution < 1.29 is 13.9 Å². The van der Waals surface area contributed by atoms with Crippen LogP contribution < -0.4 is 5.32 Å². The number of carbonyl (C=O) groups excluding carboxylic acids is 1. The fourth-order valence-electron chi connectivity index (χ4n) is 1.97. The highest BCUT2D eigenvalue weighted by atomic mass is 35.5. The Labute approximate surface area is 143 Å². The molecule has 3 aromatic rings. The second kappa shape index (κ2) is 7.61. The highest BCUT2D eigenvalue weighted by Gasteiger charge is 2.16. The molecule has 6 nitrogen and oxygen atoms in total. The van der Waals surface area contributed by atoms with Gasteiger partial charge in [-0.2, -0.15) is 0 Å². The normalized spacial score (nSPS) is 10.4. The summed E-state index contributed by atoms with van der Waals surface area (Å²) in [6, 6.07) is 13.0. The Bertz CT molecular complexity index is 807. The second-order valence-electron chi connectivity index (χ2n) is 4.88. The zero-order valence-electron chi connectivity index (χ0n) is 12.6. The lowest BCUT2D eigenvalue weighted by Gasteiger charge is -2.08. The molecule has 7 heteroatoms. The monoisotopic (exact) mass is 343 g/mol. The summed E-state index contributed by atoms with van der Waals surface area (Å²) in [6.07, 6.45) is 2.93. The van der Waals surface area contributed by atoms with Crippen LogP contribution in [0.25, 0.3) is 0 Å². The lowest BCUT2D eigenvalue weighted by Crippen LogP contribution is -2.11. The summed E-state index contributed by atoms with van der Waals surface area (Å²) in [5, 5.41) is 3.10. The molecule has 2 aromatic heterocycles. The number of halogens is 1. The van der Waals surface area contributed by atoms with Gasteiger partial charge in [0.15, 0.2) is 5.69 Å². The topological polar surface area (TPSA) is 77.2 Å². The number of aromatic nitrogens is 2. The van der Waals surface area contributed by atoms with E-state index in [4.69, 9.17) is 20.8 Å². The quantitative estimate of drug-likeness (QED) is 0.688. The van der Waals surface area contributed by atoms with E-state index in [0.29, 0.717) is 6.54 Å². The number of carbonyl (C=O) groups is 1. The summed E-state index contributed by atoms with van der Waals surface area (Å²) in [5.41, 5.74) is 0.900. The van der Waals surface area contributed by atoms with E-state index < -0.39 is 5.97 Å². The van der Waals surface area contributed by atoms with Crippen LogP contribution in [0.5, 0.6) is 0 Å². The average molecular weight is 344 g/mol. The first-order chi connectivity index (χ1) is 11.7. The zero-order valence-corrected chi connectivity index (χ0v) is 13.4. The van der Waals surface area contributed by atoms with Crippen LogP contribution in [-0.2, 0) is 17.9 Å². The first-order valence-electron chi connectivity index (χ1n) is 7.22. The minimum absolute atomic E-state index is 0.0181. The Morgan fingerprint density at radius 3 is 2.79 bits per heavy atom. The van der Waals surface area contributed by atoms with E-state index in [1.165, 1.54) is 6.20 Å². The van der Waals surface area contributed by atoms with E-state index in [1.807, 2.05) is 36.4 Å². The predicted octanol–water partition coefficient (Wildman–Crippen LogP) is 3.69. The maximum Gasteiger partial charge on any atom is 0.359 e. The lowest BCUT2D eigenvalue weighted by molar-refractivity contribution is 0.0466. The molecule has 24 heavy (non-hydrogen) atoms. The van der Waals surface area contributed by atoms with Gasteiger partial charge in [-0.1, -0.05) is 41.9 Å². The lowest BCUT2D eigenvalue weighted by atomic mass is 10.2. The molecule has 0 aliphatic rings. The summed E-state index contributed by atoms with van der Waals surface area (Å²) in [6.45, 7) is 0.544. The molecule has 0 aliphatic heterocycles. The van der Waals surface area contributed by atoms with Gasteiger partial charge >= 0.3 is 5.97 Å². The molecular weight excluding hydrogens is 330 g/mol. The zero-order chi connectivity index (χ0) is 16.8. The fourth-order valence-corrected chi connectivity index (χ4v) is 2.13. The van der Waals surface area contributed by atoms with Gasteiger partial charge in [0.1, 0.15) is 12.4 Å². The number of nitrogens with zero attached hydrogens (tertiary/aromatic N) is 2. The molecule has 122 valence electrons. The molecule has 0 fully saturated rings. The SMILES string of the molecule is O=C(OCc1ccccc1)c1nc(NCc2ccco2)ncc1Cl. The number of esters is 1. The third-order valence-electron chi connectivity index (χ3n) is 3.15. The third kappa shape index (κ3) is 4.11. The van der Waals surface area contributed by atoms with Crippen LogP contribution in [0.3, 0.4) is 0 Å². The molecule has 0 aliphatic carbocycles. The van der Waals surface area contributed by atoms with E-state index >= 15 is 0 Å². The van der Waals surface area contributed by atoms with Crippen molar-refractivity contribution in [2.45, 2.75) is 13.2 Å². The largest absolute Gasteiger partial charge is 0.467 e. The summed E-state index contributed by atoms with van der Waals surface area (Å²) in [4.78, 5) is 20.3. The van der Waals surface area contributed by atoms with Gasteiger partial charge in [-0.05, 0) is 17.7 Å². The van der Waals surface area contributed by atoms with Crippen LogP contribution in [0, 0.1) is 0 Å². The number of rotatable bonds is 6. The fraction of sp³-hybridized carbons (Fsp3) is 0.118. The van der Waals surface area contributed by atoms with Gasteiger partial charge in [0.25, 0.3) is 0 Å². The maximum absolute atomic E-state index is 12.2. The van der Waals surface area contributed by atoms with Crippen molar-refractivity contribution in [1.29, 1.82) is 0 Å². The molecule has 3 rings (SSSR count). The number of benzene rings is 1. The van der Waals surface area contributed by atoms with E-state index in [0.717, 1.165) is 11.3 Å². The van der Waals surface area contributed by atoms with Crippen molar-refractivity contribution in [2.24, 2.45) is 0 Å². The molecule has 0 atom stereocenters. The van der Waals surface area contributed by atoms with Gasteiger partial charge < -0.3 is 14.5 Å². The molecule has 0 saturated heterocycles. The molecule has 0 radical (unpaired) electrons. The summed E-state index contributed by atoms with van der Waals surface area (Å²) >= 11 is 6.00. The highest BCUT2D eigenvalue weighted by Crippen LogP contribution is 2.16. The molecular formula is C17H14ClN3O3. The molecule has 1 N–H and O–H groups in total. The summed E-state index contributed by atoms with van der Waals surface area (Å²) < 4.78 is 10.4. The Kier molecular flexibility index (Phi) is 5.08. The minimum Gasteiger partial charge on any atom is -0.467 e. The molecule has 0 bridgehead atoms. The van der Waals surface area contributed by atoms with Crippen LogP contribution in [-0.4, -0.2) is 15.9 Å². The second-order valence-corrected chi connectivity index (χ2v) is 5.29. The van der Waals surface area contributed by atoms with Crippen molar-refractivity contribution in [3.63, 3.8) is 0 Å². The van der Waals surface area contributed by atoms with Gasteiger partial charge in [0.2, 0.25) is 5.95 Å². The van der Waals surface area contributed by atoms with Crippen molar-refractivity contribution in [3.05, 3.63) is 77.0 Å². The van der Waals surface area contributed by atoms with Crippen molar-refractivity contribution in [2.75, 3.05) is 5.32 Å². The van der Waals surface area contributed by atoms with Crippen molar-refractivity contribution >= 4 is 23.5 Å². The Morgan fingerprint density at radius 2 is 2.04 bits per heavy atom. The number of hydrogen-bond donors (Lipinski definition) is 1. The van der Waals surface area contributed by atoms with Gasteiger partial charge in [-0.15, -0.1) is 0 Å². The molecule has 0 saturated carbocycles. The van der Waals surface area contributed by atoms with Crippen LogP contribution in [0.4, 0.5) is 5.95 Å². The Hall–Kier alpha value is -2.86. The Balaban J connectivity index is 1.65. The van der Waals surface area contributed by atoms with Gasteiger partial charge in [-0.3, -0.25) is 0 Å². The van der Waals surface area contributed by atoms with Crippen LogP contribution >= 0.6 is 11.6 Å². The number of furan rings is 1. The summed E-state index contributed by atoms with van der Waals surface area (Å²) in [5.74, 6) is 0.386. The molecule has 0 spiro atoms. The van der Waals surface area contributed by atoms with E-state index in [-0.39, 0.29) is 23.3 Å². The third-order valence-corrected chi connectivity index (χ3v) is 3.43. The van der Waals surface area contributed by atoms with Crippen LogP contribution in [0.2, 0.25) is 5.02 Å². The van der Waals surface area contributed by atoms with E-state index in [9.17, 15) is 4.79 Å². The van der Waals surface area contributed by atoms with E-state index in [1.54, 1.807) is 12.3 Å². The van der Waals surface area contributed by atoms with Crippen LogP contribution in [0.1, 0.15) is 21.8 Å². The minimum atomic E-state index is -0.604. The first kappa shape index (κ1) is 16.0. The Morgan fingerprint density at radius 1 is 1.21 bits per heavy atom. The van der Waals surface area contributed by atoms with Gasteiger partial charge in [0, 0.05) is 0 Å². The first-order valence-corrected chi connectivity index (χ1v) is 7.60. The van der Waals surface area contributed by atoms with Crippen LogP contribution in [0.15, 0.2) is 59.3 Å². The van der Waals surface area contributed by atoms with Gasteiger partial charge in [-0.25, -0.2) is 14.8 Å². The summed E-state index contributed by atoms with van der Waals surface area (Å²) in [7, 11) is 0. The number of ether oxygens (including phenoxy) is 1. The number of nitrogens with one attached hydrogen (secondary N) is 1. The van der Waals surface area contributed by atoms with E-state index in [2.05, 4.69) is 15.3 Å².